The van der Waals surface area contributed by atoms with Gasteiger partial charge in [-0.15, -0.1) is 0 Å². The SMILES string of the molecule is O=C(C=Cc1cccc(Br)c1)NS(=O)(=O)c1ccc2c(c1)OCCO2. The summed E-state index contributed by atoms with van der Waals surface area (Å²) in [6.07, 6.45) is 2.69. The van der Waals surface area contributed by atoms with E-state index in [1.165, 1.54) is 24.3 Å². The number of nitrogens with one attached hydrogen (secondary N) is 1. The third-order valence-corrected chi connectivity index (χ3v) is 5.17. The molecule has 25 heavy (non-hydrogen) atoms. The summed E-state index contributed by atoms with van der Waals surface area (Å²) in [5, 5.41) is 0. The maximum atomic E-state index is 12.3. The molecule has 8 heteroatoms. The number of rotatable bonds is 4. The summed E-state index contributed by atoms with van der Waals surface area (Å²) in [6, 6.07) is 11.5. The molecule has 1 N–H and O–H groups in total. The zero-order valence-electron chi connectivity index (χ0n) is 12.9. The summed E-state index contributed by atoms with van der Waals surface area (Å²) in [7, 11) is -4.00. The molecule has 1 amide bonds. The molecule has 0 aliphatic carbocycles. The van der Waals surface area contributed by atoms with Crippen molar-refractivity contribution in [2.24, 2.45) is 0 Å². The lowest BCUT2D eigenvalue weighted by molar-refractivity contribution is -0.114. The Labute approximate surface area is 153 Å². The van der Waals surface area contributed by atoms with E-state index in [0.717, 1.165) is 16.1 Å². The first kappa shape index (κ1) is 17.5. The largest absolute Gasteiger partial charge is 0.486 e. The van der Waals surface area contributed by atoms with Gasteiger partial charge in [-0.2, -0.15) is 0 Å². The Morgan fingerprint density at radius 1 is 1.08 bits per heavy atom. The normalized spacial score (nSPS) is 13.6. The molecule has 0 radical (unpaired) electrons. The number of hydrogen-bond donors (Lipinski definition) is 1. The van der Waals surface area contributed by atoms with E-state index in [4.69, 9.17) is 9.47 Å². The van der Waals surface area contributed by atoms with E-state index in [1.54, 1.807) is 12.1 Å². The third kappa shape index (κ3) is 4.40. The quantitative estimate of drug-likeness (QED) is 0.764. The van der Waals surface area contributed by atoms with Crippen LogP contribution in [0.4, 0.5) is 0 Å². The van der Waals surface area contributed by atoms with Gasteiger partial charge in [0, 0.05) is 16.6 Å². The lowest BCUT2D eigenvalue weighted by atomic mass is 10.2. The number of fused-ring (bicyclic) bond motifs is 1. The Bertz CT molecular complexity index is 940. The summed E-state index contributed by atoms with van der Waals surface area (Å²) in [5.74, 6) is 0.0761. The van der Waals surface area contributed by atoms with Crippen molar-refractivity contribution in [3.63, 3.8) is 0 Å². The predicted molar refractivity (Wildman–Crippen MR) is 95.9 cm³/mol. The number of carbonyl (C=O) groups excluding carboxylic acids is 1. The van der Waals surface area contributed by atoms with Crippen LogP contribution in [0.25, 0.3) is 6.08 Å². The molecule has 3 rings (SSSR count). The van der Waals surface area contributed by atoms with Gasteiger partial charge in [0.2, 0.25) is 0 Å². The maximum Gasteiger partial charge on any atom is 0.264 e. The zero-order valence-corrected chi connectivity index (χ0v) is 15.3. The molecule has 1 heterocycles. The Morgan fingerprint density at radius 3 is 2.60 bits per heavy atom. The van der Waals surface area contributed by atoms with Crippen molar-refractivity contribution in [2.45, 2.75) is 4.90 Å². The molecule has 0 bridgehead atoms. The van der Waals surface area contributed by atoms with Crippen LogP contribution in [0.5, 0.6) is 11.5 Å². The molecule has 2 aromatic carbocycles. The van der Waals surface area contributed by atoms with E-state index in [2.05, 4.69) is 15.9 Å². The first-order valence-corrected chi connectivity index (χ1v) is 9.62. The van der Waals surface area contributed by atoms with Crippen molar-refractivity contribution in [1.82, 2.24) is 4.72 Å². The fourth-order valence-corrected chi connectivity index (χ4v) is 3.58. The number of benzene rings is 2. The van der Waals surface area contributed by atoms with Crippen molar-refractivity contribution in [1.29, 1.82) is 0 Å². The average molecular weight is 424 g/mol. The molecule has 0 aromatic heterocycles. The highest BCUT2D eigenvalue weighted by Crippen LogP contribution is 2.32. The fraction of sp³-hybridized carbons (Fsp3) is 0.118. The average Bonchev–Trinajstić information content (AvgIpc) is 2.59. The zero-order chi connectivity index (χ0) is 17.9. The second kappa shape index (κ2) is 7.28. The van der Waals surface area contributed by atoms with Crippen molar-refractivity contribution in [2.75, 3.05) is 13.2 Å². The van der Waals surface area contributed by atoms with Crippen LogP contribution in [-0.2, 0) is 14.8 Å². The smallest absolute Gasteiger partial charge is 0.264 e. The van der Waals surface area contributed by atoms with Gasteiger partial charge < -0.3 is 9.47 Å². The van der Waals surface area contributed by atoms with E-state index in [0.29, 0.717) is 24.7 Å². The van der Waals surface area contributed by atoms with E-state index in [9.17, 15) is 13.2 Å². The Morgan fingerprint density at radius 2 is 1.84 bits per heavy atom. The van der Waals surface area contributed by atoms with Crippen molar-refractivity contribution >= 4 is 37.9 Å². The topological polar surface area (TPSA) is 81.7 Å². The molecule has 0 unspecified atom stereocenters. The molecule has 1 aliphatic heterocycles. The van der Waals surface area contributed by atoms with E-state index >= 15 is 0 Å². The summed E-state index contributed by atoms with van der Waals surface area (Å²) < 4.78 is 38.2. The lowest BCUT2D eigenvalue weighted by Crippen LogP contribution is -2.29. The minimum Gasteiger partial charge on any atom is -0.486 e. The van der Waals surface area contributed by atoms with Crippen LogP contribution in [-0.4, -0.2) is 27.5 Å². The van der Waals surface area contributed by atoms with Crippen molar-refractivity contribution < 1.29 is 22.7 Å². The second-order valence-electron chi connectivity index (χ2n) is 5.16. The van der Waals surface area contributed by atoms with Gasteiger partial charge in [0.25, 0.3) is 15.9 Å². The third-order valence-electron chi connectivity index (χ3n) is 3.33. The Hall–Kier alpha value is -2.32. The molecule has 0 saturated carbocycles. The molecule has 0 atom stereocenters. The highest BCUT2D eigenvalue weighted by molar-refractivity contribution is 9.10. The molecular weight excluding hydrogens is 410 g/mol. The van der Waals surface area contributed by atoms with E-state index < -0.39 is 15.9 Å². The highest BCUT2D eigenvalue weighted by Gasteiger charge is 2.20. The number of sulfonamides is 1. The molecule has 130 valence electrons. The van der Waals surface area contributed by atoms with E-state index in [-0.39, 0.29) is 4.90 Å². The minimum absolute atomic E-state index is 0.0686. The number of carbonyl (C=O) groups is 1. The van der Waals surface area contributed by atoms with Crippen LogP contribution in [0.15, 0.2) is 57.9 Å². The Kier molecular flexibility index (Phi) is 5.10. The first-order valence-electron chi connectivity index (χ1n) is 7.34. The first-order chi connectivity index (χ1) is 11.9. The van der Waals surface area contributed by atoms with Crippen LogP contribution >= 0.6 is 15.9 Å². The van der Waals surface area contributed by atoms with Gasteiger partial charge in [-0.3, -0.25) is 4.79 Å². The maximum absolute atomic E-state index is 12.3. The summed E-state index contributed by atoms with van der Waals surface area (Å²) in [5.41, 5.74) is 0.765. The summed E-state index contributed by atoms with van der Waals surface area (Å²) >= 11 is 3.33. The van der Waals surface area contributed by atoms with Gasteiger partial charge in [0.05, 0.1) is 4.90 Å². The van der Waals surface area contributed by atoms with Crippen LogP contribution in [0.2, 0.25) is 0 Å². The predicted octanol–water partition coefficient (Wildman–Crippen LogP) is 2.74. The fourth-order valence-electron chi connectivity index (χ4n) is 2.20. The van der Waals surface area contributed by atoms with Crippen LogP contribution < -0.4 is 14.2 Å². The van der Waals surface area contributed by atoms with Crippen molar-refractivity contribution in [3.05, 3.63) is 58.6 Å². The number of amides is 1. The van der Waals surface area contributed by atoms with Crippen molar-refractivity contribution in [3.8, 4) is 11.5 Å². The molecular formula is C17H14BrNO5S. The molecule has 2 aromatic rings. The molecule has 0 fully saturated rings. The van der Waals surface area contributed by atoms with Gasteiger partial charge in [0.1, 0.15) is 13.2 Å². The van der Waals surface area contributed by atoms with Gasteiger partial charge in [-0.25, -0.2) is 13.1 Å². The van der Waals surface area contributed by atoms with Gasteiger partial charge >= 0.3 is 0 Å². The molecule has 0 saturated heterocycles. The standard InChI is InChI=1S/C17H14BrNO5S/c18-13-3-1-2-12(10-13)4-7-17(20)19-25(21,22)14-5-6-15-16(11-14)24-9-8-23-15/h1-7,10-11H,8-9H2,(H,19,20). The number of hydrogen-bond acceptors (Lipinski definition) is 5. The van der Waals surface area contributed by atoms with Gasteiger partial charge in [0.15, 0.2) is 11.5 Å². The summed E-state index contributed by atoms with van der Waals surface area (Å²) in [4.78, 5) is 11.9. The van der Waals surface area contributed by atoms with Gasteiger partial charge in [-0.1, -0.05) is 28.1 Å². The van der Waals surface area contributed by atoms with Crippen LogP contribution in [0.1, 0.15) is 5.56 Å². The highest BCUT2D eigenvalue weighted by atomic mass is 79.9. The van der Waals surface area contributed by atoms with Gasteiger partial charge in [-0.05, 0) is 35.9 Å². The van der Waals surface area contributed by atoms with Crippen LogP contribution in [0, 0.1) is 0 Å². The Balaban J connectivity index is 1.73. The lowest BCUT2D eigenvalue weighted by Gasteiger charge is -2.18. The summed E-state index contributed by atoms with van der Waals surface area (Å²) in [6.45, 7) is 0.758. The minimum atomic E-state index is -4.00. The van der Waals surface area contributed by atoms with E-state index in [1.807, 2.05) is 16.9 Å². The molecule has 6 nitrogen and oxygen atoms in total. The second-order valence-corrected chi connectivity index (χ2v) is 7.76. The molecule has 0 spiro atoms. The number of ether oxygens (including phenoxy) is 2. The monoisotopic (exact) mass is 423 g/mol. The van der Waals surface area contributed by atoms with Crippen LogP contribution in [0.3, 0.4) is 0 Å². The number of halogens is 1. The molecule has 1 aliphatic rings.